The molecule has 0 fully saturated rings. The largest absolute Gasteiger partial charge is 0.399 e. The van der Waals surface area contributed by atoms with Gasteiger partial charge >= 0.3 is 17.8 Å². The Labute approximate surface area is 189 Å². The van der Waals surface area contributed by atoms with Gasteiger partial charge in [-0.3, -0.25) is 4.79 Å². The fraction of sp³-hybridized carbons (Fsp3) is 0.348. The van der Waals surface area contributed by atoms with Gasteiger partial charge in [0.2, 0.25) is 0 Å². The van der Waals surface area contributed by atoms with E-state index in [1.807, 2.05) is 41.6 Å². The van der Waals surface area contributed by atoms with E-state index in [1.54, 1.807) is 11.2 Å². The third kappa shape index (κ3) is 3.05. The minimum absolute atomic E-state index is 0.0103. The van der Waals surface area contributed by atoms with Gasteiger partial charge < -0.3 is 19.2 Å². The number of aromatic nitrogens is 6. The van der Waals surface area contributed by atoms with Crippen LogP contribution in [0, 0.1) is 6.92 Å². The Kier molecular flexibility index (Phi) is 4.36. The molecule has 0 spiro atoms. The van der Waals surface area contributed by atoms with Gasteiger partial charge in [0.1, 0.15) is 6.04 Å². The summed E-state index contributed by atoms with van der Waals surface area (Å²) < 4.78 is 7.82. The van der Waals surface area contributed by atoms with Crippen LogP contribution in [0.15, 0.2) is 46.9 Å². The first-order chi connectivity index (χ1) is 16.0. The van der Waals surface area contributed by atoms with Crippen LogP contribution in [0.3, 0.4) is 0 Å². The molecule has 10 heteroatoms. The summed E-state index contributed by atoms with van der Waals surface area (Å²) in [5.74, 6) is -0.284. The Balaban J connectivity index is 1.39. The maximum absolute atomic E-state index is 13.1. The molecule has 0 bridgehead atoms. The molecule has 2 aliphatic heterocycles. The van der Waals surface area contributed by atoms with Crippen LogP contribution in [0.2, 0.25) is 0 Å². The number of pyridine rings is 1. The van der Waals surface area contributed by atoms with E-state index >= 15 is 0 Å². The highest BCUT2D eigenvalue weighted by atomic mass is 16.4. The van der Waals surface area contributed by atoms with Crippen LogP contribution in [-0.4, -0.2) is 53.2 Å². The van der Waals surface area contributed by atoms with Crippen molar-refractivity contribution in [3.8, 4) is 0 Å². The second kappa shape index (κ2) is 7.29. The van der Waals surface area contributed by atoms with Crippen LogP contribution in [0.1, 0.15) is 59.6 Å². The second-order valence-corrected chi connectivity index (χ2v) is 8.70. The fourth-order valence-corrected chi connectivity index (χ4v) is 4.87. The molecule has 10 nitrogen and oxygen atoms in total. The smallest absolute Gasteiger partial charge is 0.319 e. The van der Waals surface area contributed by atoms with Crippen molar-refractivity contribution in [2.45, 2.75) is 45.7 Å². The molecule has 168 valence electrons. The van der Waals surface area contributed by atoms with Crippen LogP contribution >= 0.6 is 0 Å². The minimum Gasteiger partial charge on any atom is -0.399 e. The zero-order chi connectivity index (χ0) is 22.7. The van der Waals surface area contributed by atoms with Gasteiger partial charge in [0.25, 0.3) is 0 Å². The number of allylic oxidation sites excluding steroid dienone is 1. The number of nitrogens with one attached hydrogen (secondary N) is 1. The number of imidazole rings is 1. The number of carbonyl (C=O) groups is 1. The van der Waals surface area contributed by atoms with Crippen molar-refractivity contribution in [3.63, 3.8) is 0 Å². The quantitative estimate of drug-likeness (QED) is 0.517. The van der Waals surface area contributed by atoms with E-state index < -0.39 is 0 Å². The number of aromatic amines is 1. The number of amides is 1. The van der Waals surface area contributed by atoms with Crippen molar-refractivity contribution < 1.29 is 9.21 Å². The predicted octanol–water partition coefficient (Wildman–Crippen LogP) is 3.04. The van der Waals surface area contributed by atoms with Crippen molar-refractivity contribution in [1.29, 1.82) is 0 Å². The van der Waals surface area contributed by atoms with Crippen molar-refractivity contribution in [3.05, 3.63) is 71.0 Å². The van der Waals surface area contributed by atoms with Gasteiger partial charge in [0.15, 0.2) is 0 Å². The third-order valence-corrected chi connectivity index (χ3v) is 6.57. The van der Waals surface area contributed by atoms with E-state index in [1.165, 1.54) is 0 Å². The molecule has 6 rings (SSSR count). The Morgan fingerprint density at radius 2 is 2.15 bits per heavy atom. The number of anilines is 1. The number of carbonyl (C=O) groups excluding carboxylic acids is 1. The molecule has 0 aromatic carbocycles. The monoisotopic (exact) mass is 444 g/mol. The zero-order valence-corrected chi connectivity index (χ0v) is 18.7. The number of H-pyrrole nitrogens is 1. The van der Waals surface area contributed by atoms with E-state index in [2.05, 4.69) is 39.2 Å². The van der Waals surface area contributed by atoms with Gasteiger partial charge in [0.05, 0.1) is 23.2 Å². The summed E-state index contributed by atoms with van der Waals surface area (Å²) in [6, 6.07) is 6.16. The first-order valence-electron chi connectivity index (χ1n) is 11.1. The molecule has 33 heavy (non-hydrogen) atoms. The average Bonchev–Trinajstić information content (AvgIpc) is 3.59. The van der Waals surface area contributed by atoms with Gasteiger partial charge in [-0.05, 0) is 44.9 Å². The molecule has 4 aromatic rings. The molecule has 0 radical (unpaired) electrons. The maximum atomic E-state index is 13.1. The van der Waals surface area contributed by atoms with Crippen molar-refractivity contribution in [2.75, 3.05) is 11.4 Å². The molecule has 6 heterocycles. The molecule has 2 atom stereocenters. The Bertz CT molecular complexity index is 1400. The lowest BCUT2D eigenvalue weighted by molar-refractivity contribution is 0.0737. The molecule has 1 amide bonds. The summed E-state index contributed by atoms with van der Waals surface area (Å²) >= 11 is 0. The van der Waals surface area contributed by atoms with Gasteiger partial charge in [-0.15, -0.1) is 5.10 Å². The highest BCUT2D eigenvalue weighted by Gasteiger charge is 2.37. The van der Waals surface area contributed by atoms with E-state index in [0.717, 1.165) is 46.7 Å². The predicted molar refractivity (Wildman–Crippen MR) is 120 cm³/mol. The number of hydrogen-bond acceptors (Lipinski definition) is 7. The topological polar surface area (TPSA) is 108 Å². The number of aryl methyl sites for hydroxylation is 1. The summed E-state index contributed by atoms with van der Waals surface area (Å²) in [7, 11) is 0. The zero-order valence-electron chi connectivity index (χ0n) is 18.7. The molecular formula is C23H24N8O2. The maximum Gasteiger partial charge on any atom is 0.319 e. The van der Waals surface area contributed by atoms with Crippen molar-refractivity contribution in [2.24, 2.45) is 0 Å². The summed E-state index contributed by atoms with van der Waals surface area (Å²) in [4.78, 5) is 24.6. The fourth-order valence-electron chi connectivity index (χ4n) is 4.87. The van der Waals surface area contributed by atoms with Gasteiger partial charge in [-0.1, -0.05) is 17.2 Å². The standard InChI is InChI=1S/C23H24N8O2/c1-13-5-4-9-30-18(13)11-17(28-30)20-19-16(24-12-25-19)8-10-29(20)23-27-26-21(33-23)22(32)31-14(2)6-7-15(31)3/h4-6,9,11-12,15,20H,7-8,10H2,1-3H3,(H,24,25)/t15-,20+/m0/s1. The third-order valence-electron chi connectivity index (χ3n) is 6.57. The number of nitrogens with zero attached hydrogens (tertiary/aromatic N) is 7. The Morgan fingerprint density at radius 1 is 1.27 bits per heavy atom. The lowest BCUT2D eigenvalue weighted by atomic mass is 10.00. The van der Waals surface area contributed by atoms with E-state index in [9.17, 15) is 4.79 Å². The molecule has 2 aliphatic rings. The van der Waals surface area contributed by atoms with Gasteiger partial charge in [0, 0.05) is 36.6 Å². The molecule has 1 N–H and O–H groups in total. The normalized spacial score (nSPS) is 20.4. The summed E-state index contributed by atoms with van der Waals surface area (Å²) in [6.45, 7) is 6.61. The highest BCUT2D eigenvalue weighted by Crippen LogP contribution is 2.36. The van der Waals surface area contributed by atoms with Gasteiger partial charge in [-0.2, -0.15) is 5.10 Å². The molecule has 0 saturated heterocycles. The Hall–Kier alpha value is -3.95. The average molecular weight is 444 g/mol. The van der Waals surface area contributed by atoms with E-state index in [4.69, 9.17) is 9.52 Å². The summed E-state index contributed by atoms with van der Waals surface area (Å²) in [5, 5.41) is 13.2. The number of rotatable bonds is 3. The van der Waals surface area contributed by atoms with E-state index in [0.29, 0.717) is 12.6 Å². The number of hydrogen-bond donors (Lipinski definition) is 1. The lowest BCUT2D eigenvalue weighted by Crippen LogP contribution is -2.37. The van der Waals surface area contributed by atoms with Crippen molar-refractivity contribution >= 4 is 17.4 Å². The minimum atomic E-state index is -0.310. The first-order valence-corrected chi connectivity index (χ1v) is 11.1. The molecule has 0 unspecified atom stereocenters. The SMILES string of the molecule is CC1=CC[C@H](C)N1C(=O)c1nnc(N2CCc3[nH]cnc3[C@H]2c2cc3c(C)cccn3n2)o1. The van der Waals surface area contributed by atoms with Crippen LogP contribution in [0.25, 0.3) is 5.52 Å². The summed E-state index contributed by atoms with van der Waals surface area (Å²) in [6.07, 6.45) is 7.25. The van der Waals surface area contributed by atoms with Crippen LogP contribution in [0.4, 0.5) is 6.01 Å². The molecule has 0 saturated carbocycles. The molecule has 0 aliphatic carbocycles. The second-order valence-electron chi connectivity index (χ2n) is 8.70. The van der Waals surface area contributed by atoms with Crippen LogP contribution in [0.5, 0.6) is 0 Å². The summed E-state index contributed by atoms with van der Waals surface area (Å²) in [5.41, 5.74) is 5.84. The van der Waals surface area contributed by atoms with Crippen LogP contribution in [-0.2, 0) is 6.42 Å². The lowest BCUT2D eigenvalue weighted by Gasteiger charge is -2.32. The molecule has 4 aromatic heterocycles. The van der Waals surface area contributed by atoms with Crippen LogP contribution < -0.4 is 4.90 Å². The Morgan fingerprint density at radius 3 is 2.94 bits per heavy atom. The molecular weight excluding hydrogens is 420 g/mol. The van der Waals surface area contributed by atoms with E-state index in [-0.39, 0.29) is 23.9 Å². The van der Waals surface area contributed by atoms with Gasteiger partial charge in [-0.25, -0.2) is 9.50 Å². The number of fused-ring (bicyclic) bond motifs is 2. The highest BCUT2D eigenvalue weighted by molar-refractivity contribution is 5.91. The first kappa shape index (κ1) is 19.7. The van der Waals surface area contributed by atoms with Crippen molar-refractivity contribution in [1.82, 2.24) is 34.7 Å².